The van der Waals surface area contributed by atoms with Crippen LogP contribution in [0.4, 0.5) is 10.2 Å². The normalized spacial score (nSPS) is 11.2. The second kappa shape index (κ2) is 5.78. The van der Waals surface area contributed by atoms with Crippen LogP contribution in [0.15, 0.2) is 36.5 Å². The molecule has 0 atom stereocenters. The molecule has 3 heterocycles. The van der Waals surface area contributed by atoms with Gasteiger partial charge in [0.25, 0.3) is 5.91 Å². The van der Waals surface area contributed by atoms with Gasteiger partial charge in [-0.05, 0) is 25.1 Å². The van der Waals surface area contributed by atoms with E-state index in [2.05, 4.69) is 20.5 Å². The van der Waals surface area contributed by atoms with Crippen molar-refractivity contribution in [3.63, 3.8) is 0 Å². The number of carbonyl (C=O) groups is 1. The molecule has 0 spiro atoms. The Balaban J connectivity index is 1.73. The zero-order valence-corrected chi connectivity index (χ0v) is 14.2. The van der Waals surface area contributed by atoms with E-state index in [0.717, 1.165) is 0 Å². The van der Waals surface area contributed by atoms with Crippen molar-refractivity contribution in [2.45, 2.75) is 6.92 Å². The minimum absolute atomic E-state index is 0.289. The third kappa shape index (κ3) is 2.78. The lowest BCUT2D eigenvalue weighted by Gasteiger charge is -2.04. The Labute approximate surface area is 145 Å². The van der Waals surface area contributed by atoms with E-state index in [0.29, 0.717) is 27.0 Å². The van der Waals surface area contributed by atoms with E-state index in [1.54, 1.807) is 49.1 Å². The number of anilines is 1. The van der Waals surface area contributed by atoms with Crippen molar-refractivity contribution in [3.05, 3.63) is 53.7 Å². The maximum Gasteiger partial charge on any atom is 0.277 e. The molecule has 25 heavy (non-hydrogen) atoms. The predicted molar refractivity (Wildman–Crippen MR) is 92.6 cm³/mol. The number of nitrogens with zero attached hydrogens (tertiary/aromatic N) is 5. The Morgan fingerprint density at radius 3 is 2.84 bits per heavy atom. The molecule has 126 valence electrons. The number of hydrogen-bond donors (Lipinski definition) is 1. The number of nitrogens with one attached hydrogen (secondary N) is 1. The predicted octanol–water partition coefficient (Wildman–Crippen LogP) is 2.92. The zero-order valence-electron chi connectivity index (χ0n) is 13.4. The van der Waals surface area contributed by atoms with Crippen molar-refractivity contribution in [1.82, 2.24) is 24.5 Å². The van der Waals surface area contributed by atoms with Gasteiger partial charge < -0.3 is 5.32 Å². The first-order valence-electron chi connectivity index (χ1n) is 7.44. The van der Waals surface area contributed by atoms with Crippen LogP contribution in [0, 0.1) is 12.7 Å². The highest BCUT2D eigenvalue weighted by Gasteiger charge is 2.17. The SMILES string of the molecule is Cc1cc(NC(=O)c2ccn(C)n2)n(-c2nc3c(F)cccc3s2)n1. The first kappa shape index (κ1) is 15.5. The molecule has 4 aromatic rings. The Morgan fingerprint density at radius 2 is 2.12 bits per heavy atom. The molecule has 0 saturated carbocycles. The van der Waals surface area contributed by atoms with Crippen LogP contribution in [0.25, 0.3) is 15.3 Å². The highest BCUT2D eigenvalue weighted by molar-refractivity contribution is 7.20. The molecule has 0 fully saturated rings. The number of amides is 1. The number of halogens is 1. The van der Waals surface area contributed by atoms with E-state index >= 15 is 0 Å². The molecule has 3 aromatic heterocycles. The number of aryl methyl sites for hydroxylation is 2. The number of carbonyl (C=O) groups excluding carboxylic acids is 1. The van der Waals surface area contributed by atoms with Gasteiger partial charge in [0.2, 0.25) is 5.13 Å². The summed E-state index contributed by atoms with van der Waals surface area (Å²) < 4.78 is 17.7. The first-order valence-corrected chi connectivity index (χ1v) is 8.26. The highest BCUT2D eigenvalue weighted by atomic mass is 32.1. The summed E-state index contributed by atoms with van der Waals surface area (Å²) in [6, 6.07) is 8.14. The van der Waals surface area contributed by atoms with Gasteiger partial charge in [-0.25, -0.2) is 9.37 Å². The minimum atomic E-state index is -0.386. The van der Waals surface area contributed by atoms with Crippen LogP contribution in [0.1, 0.15) is 16.2 Å². The lowest BCUT2D eigenvalue weighted by atomic mass is 10.3. The van der Waals surface area contributed by atoms with Crippen LogP contribution >= 0.6 is 11.3 Å². The number of rotatable bonds is 3. The quantitative estimate of drug-likeness (QED) is 0.612. The lowest BCUT2D eigenvalue weighted by molar-refractivity contribution is 0.102. The summed E-state index contributed by atoms with van der Waals surface area (Å²) in [6.07, 6.45) is 1.69. The highest BCUT2D eigenvalue weighted by Crippen LogP contribution is 2.28. The molecule has 4 rings (SSSR count). The molecule has 9 heteroatoms. The Hall–Kier alpha value is -3.07. The fourth-order valence-corrected chi connectivity index (χ4v) is 3.39. The third-order valence-electron chi connectivity index (χ3n) is 3.56. The molecule has 0 radical (unpaired) electrons. The van der Waals surface area contributed by atoms with Gasteiger partial charge in [-0.2, -0.15) is 14.9 Å². The van der Waals surface area contributed by atoms with Crippen molar-refractivity contribution >= 4 is 33.3 Å². The fraction of sp³-hybridized carbons (Fsp3) is 0.125. The van der Waals surface area contributed by atoms with Gasteiger partial charge in [0.05, 0.1) is 10.4 Å². The molecule has 0 aliphatic rings. The summed E-state index contributed by atoms with van der Waals surface area (Å²) in [6.45, 7) is 1.81. The van der Waals surface area contributed by atoms with Gasteiger partial charge in [-0.1, -0.05) is 17.4 Å². The maximum absolute atomic E-state index is 13.9. The molecule has 0 aliphatic carbocycles. The van der Waals surface area contributed by atoms with Gasteiger partial charge in [0.15, 0.2) is 5.69 Å². The Morgan fingerprint density at radius 1 is 1.28 bits per heavy atom. The van der Waals surface area contributed by atoms with Gasteiger partial charge >= 0.3 is 0 Å². The van der Waals surface area contributed by atoms with Crippen molar-refractivity contribution in [1.29, 1.82) is 0 Å². The van der Waals surface area contributed by atoms with Gasteiger partial charge in [0, 0.05) is 19.3 Å². The molecule has 0 bridgehead atoms. The van der Waals surface area contributed by atoms with Crippen molar-refractivity contribution in [2.24, 2.45) is 7.05 Å². The molecule has 1 N–H and O–H groups in total. The molecule has 0 saturated heterocycles. The molecule has 0 unspecified atom stereocenters. The third-order valence-corrected chi connectivity index (χ3v) is 4.56. The summed E-state index contributed by atoms with van der Waals surface area (Å²) in [7, 11) is 1.74. The monoisotopic (exact) mass is 356 g/mol. The van der Waals surface area contributed by atoms with E-state index in [1.807, 2.05) is 0 Å². The minimum Gasteiger partial charge on any atom is -0.305 e. The van der Waals surface area contributed by atoms with E-state index in [1.165, 1.54) is 22.1 Å². The standard InChI is InChI=1S/C16H13FN6OS/c1-9-8-13(18-15(24)11-6-7-22(2)21-11)23(20-9)16-19-14-10(17)4-3-5-12(14)25-16/h3-8H,1-2H3,(H,18,24). The molecule has 1 aromatic carbocycles. The molecule has 0 aliphatic heterocycles. The van der Waals surface area contributed by atoms with E-state index in [4.69, 9.17) is 0 Å². The zero-order chi connectivity index (χ0) is 17.6. The van der Waals surface area contributed by atoms with E-state index in [-0.39, 0.29) is 17.2 Å². The number of thiazole rings is 1. The Kier molecular flexibility index (Phi) is 3.57. The van der Waals surface area contributed by atoms with Crippen molar-refractivity contribution < 1.29 is 9.18 Å². The second-order valence-electron chi connectivity index (χ2n) is 5.49. The summed E-state index contributed by atoms with van der Waals surface area (Å²) in [4.78, 5) is 16.7. The van der Waals surface area contributed by atoms with Gasteiger partial charge in [-0.15, -0.1) is 0 Å². The number of fused-ring (bicyclic) bond motifs is 1. The molecule has 7 nitrogen and oxygen atoms in total. The van der Waals surface area contributed by atoms with Crippen LogP contribution in [0.2, 0.25) is 0 Å². The lowest BCUT2D eigenvalue weighted by Crippen LogP contribution is -2.16. The van der Waals surface area contributed by atoms with Crippen LogP contribution in [0.5, 0.6) is 0 Å². The maximum atomic E-state index is 13.9. The average Bonchev–Trinajstić information content (AvgIpc) is 3.26. The summed E-state index contributed by atoms with van der Waals surface area (Å²) in [5.74, 6) is -0.287. The Bertz CT molecular complexity index is 1100. The number of aromatic nitrogens is 5. The summed E-state index contributed by atoms with van der Waals surface area (Å²) in [5.41, 5.74) is 1.29. The number of hydrogen-bond acceptors (Lipinski definition) is 5. The van der Waals surface area contributed by atoms with Gasteiger partial charge in [0.1, 0.15) is 17.2 Å². The fourth-order valence-electron chi connectivity index (χ4n) is 2.44. The molecule has 1 amide bonds. The second-order valence-corrected chi connectivity index (χ2v) is 6.50. The number of benzene rings is 1. The van der Waals surface area contributed by atoms with Crippen molar-refractivity contribution in [2.75, 3.05) is 5.32 Å². The van der Waals surface area contributed by atoms with Crippen LogP contribution in [0.3, 0.4) is 0 Å². The van der Waals surface area contributed by atoms with Gasteiger partial charge in [-0.3, -0.25) is 9.48 Å². The largest absolute Gasteiger partial charge is 0.305 e. The van der Waals surface area contributed by atoms with E-state index < -0.39 is 0 Å². The average molecular weight is 356 g/mol. The summed E-state index contributed by atoms with van der Waals surface area (Å²) >= 11 is 1.30. The topological polar surface area (TPSA) is 77.6 Å². The molecular weight excluding hydrogens is 343 g/mol. The van der Waals surface area contributed by atoms with E-state index in [9.17, 15) is 9.18 Å². The summed E-state index contributed by atoms with van der Waals surface area (Å²) in [5, 5.41) is 11.7. The van der Waals surface area contributed by atoms with Crippen LogP contribution in [-0.4, -0.2) is 30.5 Å². The first-order chi connectivity index (χ1) is 12.0. The smallest absolute Gasteiger partial charge is 0.277 e. The van der Waals surface area contributed by atoms with Crippen molar-refractivity contribution in [3.8, 4) is 5.13 Å². The van der Waals surface area contributed by atoms with Crippen LogP contribution in [-0.2, 0) is 7.05 Å². The van der Waals surface area contributed by atoms with Crippen LogP contribution < -0.4 is 5.32 Å². The molecular formula is C16H13FN6OS. The number of para-hydroxylation sites is 1.